The van der Waals surface area contributed by atoms with E-state index >= 15 is 0 Å². The molecule has 0 bridgehead atoms. The second-order valence-electron chi connectivity index (χ2n) is 10.0. The smallest absolute Gasteiger partial charge is 0.300 e. The van der Waals surface area contributed by atoms with E-state index in [1.807, 2.05) is 6.92 Å². The molecule has 1 spiro atoms. The van der Waals surface area contributed by atoms with E-state index in [1.54, 1.807) is 12.1 Å². The van der Waals surface area contributed by atoms with Gasteiger partial charge < -0.3 is 0 Å². The summed E-state index contributed by atoms with van der Waals surface area (Å²) in [5.41, 5.74) is -1.30. The number of piperidine rings is 1. The van der Waals surface area contributed by atoms with Gasteiger partial charge in [-0.1, -0.05) is 0 Å². The molecular weight excluding hydrogens is 403 g/mol. The highest BCUT2D eigenvalue weighted by Gasteiger charge is 2.52. The average Bonchev–Trinajstić information content (AvgIpc) is 3.12. The number of hydrogen-bond acceptors (Lipinski definition) is 5. The molecule has 3 aliphatic heterocycles. The van der Waals surface area contributed by atoms with Gasteiger partial charge in [-0.15, -0.1) is 0 Å². The summed E-state index contributed by atoms with van der Waals surface area (Å²) in [6.07, 6.45) is 2.16. The molecule has 0 radical (unpaired) electrons. The Labute approximate surface area is 171 Å². The van der Waals surface area contributed by atoms with Crippen molar-refractivity contribution in [2.75, 3.05) is 31.6 Å². The molecule has 9 heteroatoms. The lowest BCUT2D eigenvalue weighted by atomic mass is 9.71. The zero-order chi connectivity index (χ0) is 21.1. The Balaban J connectivity index is 1.36. The molecule has 166 valence electrons. The highest BCUT2D eigenvalue weighted by molar-refractivity contribution is 7.91. The van der Waals surface area contributed by atoms with Crippen molar-refractivity contribution >= 4 is 15.5 Å². The van der Waals surface area contributed by atoms with Gasteiger partial charge in [-0.05, 0) is 69.7 Å². The molecule has 4 aliphatic rings. The van der Waals surface area contributed by atoms with Crippen molar-refractivity contribution in [2.24, 2.45) is 16.4 Å². The predicted octanol–water partition coefficient (Wildman–Crippen LogP) is 3.46. The van der Waals surface area contributed by atoms with Gasteiger partial charge in [-0.3, -0.25) is 9.91 Å². The van der Waals surface area contributed by atoms with Crippen molar-refractivity contribution in [2.45, 2.75) is 76.0 Å². The van der Waals surface area contributed by atoms with Crippen LogP contribution in [0, 0.1) is 11.3 Å². The normalized spacial score (nSPS) is 41.1. The molecule has 2 unspecified atom stereocenters. The third-order valence-electron chi connectivity index (χ3n) is 8.12. The van der Waals surface area contributed by atoms with Gasteiger partial charge in [0.2, 0.25) is 0 Å². The summed E-state index contributed by atoms with van der Waals surface area (Å²) in [4.78, 5) is 2.49. The van der Waals surface area contributed by atoms with Gasteiger partial charge in [0.25, 0.3) is 0 Å². The van der Waals surface area contributed by atoms with E-state index in [0.29, 0.717) is 17.5 Å². The van der Waals surface area contributed by atoms with E-state index in [9.17, 15) is 21.6 Å². The Hall–Kier alpha value is -0.830. The Morgan fingerprint density at radius 2 is 1.83 bits per heavy atom. The zero-order valence-electron chi connectivity index (χ0n) is 17.3. The monoisotopic (exact) mass is 435 g/mol. The fourth-order valence-electron chi connectivity index (χ4n) is 6.27. The Morgan fingerprint density at radius 3 is 2.38 bits per heavy atom. The summed E-state index contributed by atoms with van der Waals surface area (Å²) in [7, 11) is -1.23. The summed E-state index contributed by atoms with van der Waals surface area (Å²) in [5, 5.41) is 5.36. The first-order valence-electron chi connectivity index (χ1n) is 10.8. The topological polar surface area (TPSA) is 53.0 Å². The quantitative estimate of drug-likeness (QED) is 0.667. The van der Waals surface area contributed by atoms with Gasteiger partial charge in [0.05, 0.1) is 17.0 Å². The number of likely N-dealkylation sites (tertiary alicyclic amines) is 1. The molecule has 0 amide bonds. The number of rotatable bonds is 2. The number of hydrogen-bond donors (Lipinski definition) is 0. The minimum Gasteiger partial charge on any atom is -0.300 e. The molecule has 5 nitrogen and oxygen atoms in total. The molecule has 4 rings (SSSR count). The van der Waals surface area contributed by atoms with Gasteiger partial charge in [0.15, 0.2) is 9.84 Å². The van der Waals surface area contributed by atoms with Crippen molar-refractivity contribution in [3.05, 3.63) is 0 Å². The minimum atomic E-state index is -4.35. The molecule has 1 saturated carbocycles. The van der Waals surface area contributed by atoms with Crippen LogP contribution in [0.1, 0.15) is 58.3 Å². The van der Waals surface area contributed by atoms with Crippen LogP contribution in [0.2, 0.25) is 0 Å². The first kappa shape index (κ1) is 21.4. The van der Waals surface area contributed by atoms with Crippen LogP contribution in [0.5, 0.6) is 0 Å². The molecule has 1 aliphatic carbocycles. The van der Waals surface area contributed by atoms with Crippen molar-refractivity contribution in [3.8, 4) is 0 Å². The van der Waals surface area contributed by atoms with Gasteiger partial charge in [0.1, 0.15) is 5.71 Å². The molecule has 29 heavy (non-hydrogen) atoms. The molecule has 0 aromatic rings. The Morgan fingerprint density at radius 1 is 1.14 bits per heavy atom. The number of hydrazone groups is 1. The lowest BCUT2D eigenvalue weighted by molar-refractivity contribution is -0.0606. The summed E-state index contributed by atoms with van der Waals surface area (Å²) < 4.78 is 63.5. The second-order valence-corrected chi connectivity index (χ2v) is 12.2. The number of halogens is 3. The average molecular weight is 436 g/mol. The molecule has 2 saturated heterocycles. The standard InChI is InChI=1S/C20H32F3N3O2S/c1-18(12-17(20(21,22)23)24-25(18)2)15-4-6-16(7-5-15)26-10-3-8-19(13-26)9-11-29(27,28)14-19/h15-16H,3-14H2,1-2H3. The van der Waals surface area contributed by atoms with Crippen LogP contribution in [-0.4, -0.2) is 73.4 Å². The third kappa shape index (κ3) is 4.05. The maximum Gasteiger partial charge on any atom is 0.431 e. The first-order chi connectivity index (χ1) is 13.4. The molecule has 3 fully saturated rings. The van der Waals surface area contributed by atoms with Gasteiger partial charge in [-0.2, -0.15) is 18.3 Å². The fourth-order valence-corrected chi connectivity index (χ4v) is 8.48. The third-order valence-corrected chi connectivity index (χ3v) is 9.99. The number of nitrogens with zero attached hydrogens (tertiary/aromatic N) is 3. The van der Waals surface area contributed by atoms with E-state index in [2.05, 4.69) is 10.0 Å². The van der Waals surface area contributed by atoms with Crippen LogP contribution in [-0.2, 0) is 9.84 Å². The SMILES string of the molecule is CN1N=C(C(F)(F)F)CC1(C)C1CCC(N2CCCC3(CCS(=O)(=O)C3)C2)CC1. The van der Waals surface area contributed by atoms with Crippen LogP contribution in [0.3, 0.4) is 0 Å². The minimum absolute atomic E-state index is 0.0347. The van der Waals surface area contributed by atoms with Crippen molar-refractivity contribution in [3.63, 3.8) is 0 Å². The lowest BCUT2D eigenvalue weighted by Crippen LogP contribution is -2.52. The summed E-state index contributed by atoms with van der Waals surface area (Å²) in [6, 6.07) is 0.421. The van der Waals surface area contributed by atoms with Crippen LogP contribution >= 0.6 is 0 Å². The molecule has 0 aromatic heterocycles. The lowest BCUT2D eigenvalue weighted by Gasteiger charge is -2.48. The fraction of sp³-hybridized carbons (Fsp3) is 0.950. The van der Waals surface area contributed by atoms with Crippen LogP contribution in [0.25, 0.3) is 0 Å². The second kappa shape index (κ2) is 7.11. The highest BCUT2D eigenvalue weighted by atomic mass is 32.2. The Kier molecular flexibility index (Phi) is 5.25. The zero-order valence-corrected chi connectivity index (χ0v) is 18.2. The largest absolute Gasteiger partial charge is 0.431 e. The van der Waals surface area contributed by atoms with Crippen molar-refractivity contribution in [1.29, 1.82) is 0 Å². The van der Waals surface area contributed by atoms with Gasteiger partial charge in [0, 0.05) is 26.1 Å². The van der Waals surface area contributed by atoms with Crippen molar-refractivity contribution in [1.82, 2.24) is 9.91 Å². The van der Waals surface area contributed by atoms with E-state index in [1.165, 1.54) is 0 Å². The summed E-state index contributed by atoms with van der Waals surface area (Å²) >= 11 is 0. The number of alkyl halides is 3. The van der Waals surface area contributed by atoms with Crippen LogP contribution in [0.15, 0.2) is 5.10 Å². The van der Waals surface area contributed by atoms with E-state index in [0.717, 1.165) is 58.0 Å². The first-order valence-corrected chi connectivity index (χ1v) is 12.6. The van der Waals surface area contributed by atoms with Crippen LogP contribution in [0.4, 0.5) is 13.2 Å². The van der Waals surface area contributed by atoms with Gasteiger partial charge in [-0.25, -0.2) is 8.42 Å². The predicted molar refractivity (Wildman–Crippen MR) is 107 cm³/mol. The maximum atomic E-state index is 13.1. The van der Waals surface area contributed by atoms with E-state index < -0.39 is 27.3 Å². The Bertz CT molecular complexity index is 776. The van der Waals surface area contributed by atoms with Gasteiger partial charge >= 0.3 is 6.18 Å². The molecule has 0 aromatic carbocycles. The van der Waals surface area contributed by atoms with Crippen LogP contribution < -0.4 is 0 Å². The summed E-state index contributed by atoms with van der Waals surface area (Å²) in [5.74, 6) is 0.837. The van der Waals surface area contributed by atoms with E-state index in [-0.39, 0.29) is 17.8 Å². The van der Waals surface area contributed by atoms with E-state index in [4.69, 9.17) is 0 Å². The highest BCUT2D eigenvalue weighted by Crippen LogP contribution is 2.46. The summed E-state index contributed by atoms with van der Waals surface area (Å²) in [6.45, 7) is 3.79. The molecule has 0 N–H and O–H groups in total. The molecular formula is C20H32F3N3O2S. The molecule has 2 atom stereocenters. The maximum absolute atomic E-state index is 13.1. The number of sulfone groups is 1. The van der Waals surface area contributed by atoms with Crippen molar-refractivity contribution < 1.29 is 21.6 Å². The molecule has 3 heterocycles.